The highest BCUT2D eigenvalue weighted by Gasteiger charge is 2.52. The SMILES string of the molecule is COc1ccc2c(c1)c1c(n2C)C([Si](C)(C)C2c3ccccc3-c3c2n(C)c2ccc(OC)cc32)c2ccccc2-1. The summed E-state index contributed by atoms with van der Waals surface area (Å²) in [5.41, 5.74) is 14.6. The molecule has 0 spiro atoms. The summed E-state index contributed by atoms with van der Waals surface area (Å²) in [5.74, 6) is 1.81. The fraction of sp³-hybridized carbons (Fsp3) is 0.222. The average molecular weight is 555 g/mol. The number of benzene rings is 4. The molecule has 0 N–H and O–H groups in total. The molecule has 2 heterocycles. The topological polar surface area (TPSA) is 28.3 Å². The first kappa shape index (κ1) is 24.6. The molecule has 4 aromatic carbocycles. The van der Waals surface area contributed by atoms with Crippen LogP contribution in [0.2, 0.25) is 13.1 Å². The number of hydrogen-bond donors (Lipinski definition) is 0. The average Bonchev–Trinajstić information content (AvgIpc) is 3.69. The van der Waals surface area contributed by atoms with Crippen molar-refractivity contribution < 1.29 is 9.47 Å². The molecule has 204 valence electrons. The van der Waals surface area contributed by atoms with Crippen LogP contribution >= 0.6 is 0 Å². The van der Waals surface area contributed by atoms with E-state index in [2.05, 4.69) is 121 Å². The van der Waals surface area contributed by atoms with Crippen molar-refractivity contribution in [3.8, 4) is 33.8 Å². The molecule has 2 aliphatic carbocycles. The zero-order valence-electron chi connectivity index (χ0n) is 24.4. The lowest BCUT2D eigenvalue weighted by Gasteiger charge is -2.38. The van der Waals surface area contributed by atoms with Gasteiger partial charge in [-0.05, 0) is 58.7 Å². The van der Waals surface area contributed by atoms with E-state index in [1.807, 2.05) is 0 Å². The van der Waals surface area contributed by atoms with Gasteiger partial charge in [0.25, 0.3) is 0 Å². The molecule has 2 aliphatic rings. The van der Waals surface area contributed by atoms with Gasteiger partial charge in [-0.15, -0.1) is 0 Å². The number of rotatable bonds is 4. The van der Waals surface area contributed by atoms with Gasteiger partial charge in [0.1, 0.15) is 11.5 Å². The minimum atomic E-state index is -2.18. The van der Waals surface area contributed by atoms with Crippen LogP contribution in [0, 0.1) is 0 Å². The van der Waals surface area contributed by atoms with Gasteiger partial charge in [-0.1, -0.05) is 61.6 Å². The van der Waals surface area contributed by atoms with E-state index < -0.39 is 8.07 Å². The van der Waals surface area contributed by atoms with E-state index in [4.69, 9.17) is 9.47 Å². The van der Waals surface area contributed by atoms with Crippen molar-refractivity contribution in [2.24, 2.45) is 14.1 Å². The highest BCUT2D eigenvalue weighted by atomic mass is 28.3. The molecule has 0 fully saturated rings. The van der Waals surface area contributed by atoms with Gasteiger partial charge in [0.15, 0.2) is 0 Å². The molecular formula is C36H34N2O2Si. The Bertz CT molecular complexity index is 1900. The van der Waals surface area contributed by atoms with E-state index in [9.17, 15) is 0 Å². The second kappa shape index (κ2) is 8.40. The van der Waals surface area contributed by atoms with Gasteiger partial charge in [-0.2, -0.15) is 0 Å². The van der Waals surface area contributed by atoms with Crippen LogP contribution in [0.4, 0.5) is 0 Å². The molecule has 41 heavy (non-hydrogen) atoms. The lowest BCUT2D eigenvalue weighted by Crippen LogP contribution is -2.43. The van der Waals surface area contributed by atoms with Gasteiger partial charge in [0.05, 0.1) is 22.3 Å². The normalized spacial score (nSPS) is 17.0. The summed E-state index contributed by atoms with van der Waals surface area (Å²) in [6.45, 7) is 5.24. The van der Waals surface area contributed by atoms with Gasteiger partial charge in [-0.3, -0.25) is 0 Å². The Morgan fingerprint density at radius 2 is 1.00 bits per heavy atom. The molecule has 0 saturated heterocycles. The van der Waals surface area contributed by atoms with Crippen molar-refractivity contribution in [3.05, 3.63) is 107 Å². The quantitative estimate of drug-likeness (QED) is 0.205. The maximum Gasteiger partial charge on any atom is 0.119 e. The van der Waals surface area contributed by atoms with Crippen molar-refractivity contribution in [3.63, 3.8) is 0 Å². The van der Waals surface area contributed by atoms with Crippen LogP contribution in [-0.2, 0) is 14.1 Å². The minimum absolute atomic E-state index is 0.341. The smallest absolute Gasteiger partial charge is 0.119 e. The monoisotopic (exact) mass is 554 g/mol. The Labute approximate surface area is 241 Å². The Morgan fingerprint density at radius 3 is 1.41 bits per heavy atom. The van der Waals surface area contributed by atoms with Gasteiger partial charge in [-0.25, -0.2) is 0 Å². The Kier molecular flexibility index (Phi) is 5.03. The maximum atomic E-state index is 5.68. The van der Waals surface area contributed by atoms with Crippen molar-refractivity contribution in [1.82, 2.24) is 9.13 Å². The van der Waals surface area contributed by atoms with Crippen molar-refractivity contribution in [2.75, 3.05) is 14.2 Å². The number of ether oxygens (including phenoxy) is 2. The molecule has 0 aliphatic heterocycles. The number of aromatic nitrogens is 2. The van der Waals surface area contributed by atoms with Crippen molar-refractivity contribution in [2.45, 2.75) is 24.2 Å². The zero-order chi connectivity index (χ0) is 28.2. The molecule has 8 rings (SSSR count). The van der Waals surface area contributed by atoms with Gasteiger partial charge >= 0.3 is 0 Å². The van der Waals surface area contributed by atoms with E-state index in [-0.39, 0.29) is 0 Å². The molecule has 2 unspecified atom stereocenters. The first-order valence-corrected chi connectivity index (χ1v) is 17.5. The summed E-state index contributed by atoms with van der Waals surface area (Å²) >= 11 is 0. The third-order valence-electron chi connectivity index (χ3n) is 10.0. The standard InChI is InChI=1S/C36H34N2O2Si/c1-37-29-17-15-21(39-3)19-27(29)31-23-11-7-9-13-25(23)35(33(31)37)41(5,6)36-26-14-10-8-12-24(26)32-28-20-22(40-4)16-18-30(28)38(2)34(32)36/h7-20,35-36H,1-6H3. The van der Waals surface area contributed by atoms with E-state index in [0.717, 1.165) is 11.5 Å². The molecular weight excluding hydrogens is 520 g/mol. The lowest BCUT2D eigenvalue weighted by atomic mass is 10.0. The first-order valence-electron chi connectivity index (χ1n) is 14.4. The third kappa shape index (κ3) is 3.05. The van der Waals surface area contributed by atoms with Crippen LogP contribution in [0.3, 0.4) is 0 Å². The van der Waals surface area contributed by atoms with Crippen LogP contribution in [-0.4, -0.2) is 31.4 Å². The fourth-order valence-corrected chi connectivity index (χ4v) is 12.8. The molecule has 0 radical (unpaired) electrons. The molecule has 0 amide bonds. The highest BCUT2D eigenvalue weighted by molar-refractivity contribution is 6.82. The molecule has 6 aromatic rings. The summed E-state index contributed by atoms with van der Waals surface area (Å²) in [6, 6.07) is 31.3. The Morgan fingerprint density at radius 1 is 0.585 bits per heavy atom. The van der Waals surface area contributed by atoms with Gasteiger partial charge in [0, 0.05) is 69.5 Å². The predicted octanol–water partition coefficient (Wildman–Crippen LogP) is 8.40. The summed E-state index contributed by atoms with van der Waals surface area (Å²) in [6.07, 6.45) is 0. The van der Waals surface area contributed by atoms with Crippen LogP contribution in [0.15, 0.2) is 84.9 Å². The van der Waals surface area contributed by atoms with E-state index in [1.165, 1.54) is 66.6 Å². The second-order valence-electron chi connectivity index (χ2n) is 12.3. The number of hydrogen-bond acceptors (Lipinski definition) is 2. The highest BCUT2D eigenvalue weighted by Crippen LogP contribution is 2.60. The number of methoxy groups -OCH3 is 2. The Balaban J connectivity index is 1.42. The third-order valence-corrected chi connectivity index (χ3v) is 14.2. The number of nitrogens with zero attached hydrogens (tertiary/aromatic N) is 2. The molecule has 2 aromatic heterocycles. The van der Waals surface area contributed by atoms with E-state index in [0.29, 0.717) is 11.1 Å². The molecule has 2 atom stereocenters. The van der Waals surface area contributed by atoms with Crippen molar-refractivity contribution >= 4 is 29.9 Å². The second-order valence-corrected chi connectivity index (χ2v) is 17.1. The van der Waals surface area contributed by atoms with E-state index in [1.54, 1.807) is 14.2 Å². The van der Waals surface area contributed by atoms with Crippen LogP contribution < -0.4 is 9.47 Å². The van der Waals surface area contributed by atoms with E-state index >= 15 is 0 Å². The summed E-state index contributed by atoms with van der Waals surface area (Å²) in [7, 11) is 5.85. The molecule has 4 nitrogen and oxygen atoms in total. The van der Waals surface area contributed by atoms with Crippen LogP contribution in [0.25, 0.3) is 44.1 Å². The predicted molar refractivity (Wildman–Crippen MR) is 171 cm³/mol. The first-order chi connectivity index (χ1) is 19.9. The summed E-state index contributed by atoms with van der Waals surface area (Å²) < 4.78 is 16.3. The Hall–Kier alpha value is -4.22. The number of aryl methyl sites for hydroxylation is 2. The largest absolute Gasteiger partial charge is 0.497 e. The minimum Gasteiger partial charge on any atom is -0.497 e. The molecule has 0 saturated carbocycles. The number of fused-ring (bicyclic) bond motifs is 10. The maximum absolute atomic E-state index is 5.68. The molecule has 0 bridgehead atoms. The fourth-order valence-electron chi connectivity index (χ4n) is 8.30. The van der Waals surface area contributed by atoms with Crippen LogP contribution in [0.5, 0.6) is 11.5 Å². The van der Waals surface area contributed by atoms with Gasteiger partial charge < -0.3 is 18.6 Å². The van der Waals surface area contributed by atoms with Crippen LogP contribution in [0.1, 0.15) is 33.6 Å². The zero-order valence-corrected chi connectivity index (χ0v) is 25.4. The summed E-state index contributed by atoms with van der Waals surface area (Å²) in [4.78, 5) is 0. The molecule has 5 heteroatoms. The lowest BCUT2D eigenvalue weighted by molar-refractivity contribution is 0.415. The van der Waals surface area contributed by atoms with Gasteiger partial charge in [0.2, 0.25) is 0 Å². The van der Waals surface area contributed by atoms with Crippen molar-refractivity contribution in [1.29, 1.82) is 0 Å². The summed E-state index contributed by atoms with van der Waals surface area (Å²) in [5, 5.41) is 2.57.